The average molecular weight is 426 g/mol. The van der Waals surface area contributed by atoms with Gasteiger partial charge in [0.05, 0.1) is 11.3 Å². The number of aromatic amines is 1. The largest absolute Gasteiger partial charge is 0.435 e. The van der Waals surface area contributed by atoms with Crippen molar-refractivity contribution in [3.05, 3.63) is 70.4 Å². The number of rotatable bonds is 7. The van der Waals surface area contributed by atoms with Gasteiger partial charge >= 0.3 is 5.97 Å². The van der Waals surface area contributed by atoms with Crippen LogP contribution in [0.4, 0.5) is 5.69 Å². The van der Waals surface area contributed by atoms with Gasteiger partial charge in [-0.15, -0.1) is 5.10 Å². The highest BCUT2D eigenvalue weighted by Gasteiger charge is 2.13. The molecule has 0 spiro atoms. The maximum Gasteiger partial charge on any atom is 0.340 e. The Morgan fingerprint density at radius 3 is 2.57 bits per heavy atom. The number of carbonyl (C=O) groups is 1. The van der Waals surface area contributed by atoms with Crippen molar-refractivity contribution in [2.75, 3.05) is 18.8 Å². The minimum absolute atomic E-state index is 0.136. The summed E-state index contributed by atoms with van der Waals surface area (Å²) in [6.45, 7) is 3.88. The smallest absolute Gasteiger partial charge is 0.340 e. The second-order valence-corrected chi connectivity index (χ2v) is 7.12. The fourth-order valence-corrected chi connectivity index (χ4v) is 2.98. The number of aryl methyl sites for hydroxylation is 2. The molecule has 2 N–H and O–H groups in total. The SMILES string of the molecule is Cc1ccc(C(=O)OCOCNc2ccc(-c3nc4c(Cl)c(C)[nH]n4n3)cc2)cc1. The molecule has 30 heavy (non-hydrogen) atoms. The van der Waals surface area contributed by atoms with Crippen molar-refractivity contribution >= 4 is 28.9 Å². The highest BCUT2D eigenvalue weighted by atomic mass is 35.5. The second kappa shape index (κ2) is 8.56. The molecule has 0 aliphatic rings. The molecule has 0 unspecified atom stereocenters. The van der Waals surface area contributed by atoms with E-state index in [1.54, 1.807) is 16.8 Å². The lowest BCUT2D eigenvalue weighted by Gasteiger charge is -2.09. The molecular formula is C21H20ClN5O3. The van der Waals surface area contributed by atoms with Gasteiger partial charge in [-0.1, -0.05) is 29.3 Å². The number of fused-ring (bicyclic) bond motifs is 1. The number of benzene rings is 2. The number of hydrogen-bond acceptors (Lipinski definition) is 6. The lowest BCUT2D eigenvalue weighted by molar-refractivity contribution is -0.0259. The lowest BCUT2D eigenvalue weighted by atomic mass is 10.2. The predicted molar refractivity (Wildman–Crippen MR) is 114 cm³/mol. The first kappa shape index (κ1) is 19.9. The Morgan fingerprint density at radius 1 is 1.13 bits per heavy atom. The zero-order valence-electron chi connectivity index (χ0n) is 16.5. The highest BCUT2D eigenvalue weighted by molar-refractivity contribution is 6.34. The van der Waals surface area contributed by atoms with Crippen LogP contribution < -0.4 is 5.32 Å². The molecule has 2 heterocycles. The predicted octanol–water partition coefficient (Wildman–Crippen LogP) is 4.20. The van der Waals surface area contributed by atoms with E-state index in [-0.39, 0.29) is 13.5 Å². The molecule has 0 amide bonds. The summed E-state index contributed by atoms with van der Waals surface area (Å²) in [5.74, 6) is 0.160. The molecule has 9 heteroatoms. The first-order valence-electron chi connectivity index (χ1n) is 9.28. The van der Waals surface area contributed by atoms with Crippen molar-refractivity contribution in [2.24, 2.45) is 0 Å². The van der Waals surface area contributed by atoms with Crippen molar-refractivity contribution in [3.63, 3.8) is 0 Å². The van der Waals surface area contributed by atoms with Crippen molar-refractivity contribution in [1.29, 1.82) is 0 Å². The van der Waals surface area contributed by atoms with E-state index in [2.05, 4.69) is 20.5 Å². The number of carbonyl (C=O) groups excluding carboxylic acids is 1. The van der Waals surface area contributed by atoms with E-state index < -0.39 is 5.97 Å². The molecule has 8 nitrogen and oxygen atoms in total. The first-order valence-corrected chi connectivity index (χ1v) is 9.66. The fraction of sp³-hybridized carbons (Fsp3) is 0.190. The Bertz CT molecular complexity index is 1170. The Morgan fingerprint density at radius 2 is 1.87 bits per heavy atom. The third-order valence-corrected chi connectivity index (χ3v) is 4.94. The normalized spacial score (nSPS) is 11.0. The zero-order chi connectivity index (χ0) is 21.1. The molecule has 0 saturated carbocycles. The summed E-state index contributed by atoms with van der Waals surface area (Å²) < 4.78 is 12.0. The lowest BCUT2D eigenvalue weighted by Crippen LogP contribution is -2.13. The average Bonchev–Trinajstić information content (AvgIpc) is 3.27. The van der Waals surface area contributed by atoms with Gasteiger partial charge in [0, 0.05) is 11.3 Å². The summed E-state index contributed by atoms with van der Waals surface area (Å²) in [6, 6.07) is 14.7. The Labute approximate surface area is 177 Å². The zero-order valence-corrected chi connectivity index (χ0v) is 17.2. The van der Waals surface area contributed by atoms with E-state index in [4.69, 9.17) is 21.1 Å². The Kier molecular flexibility index (Phi) is 5.69. The van der Waals surface area contributed by atoms with Crippen molar-refractivity contribution in [1.82, 2.24) is 19.8 Å². The Hall–Kier alpha value is -3.36. The maximum atomic E-state index is 11.9. The number of nitrogens with zero attached hydrogens (tertiary/aromatic N) is 3. The van der Waals surface area contributed by atoms with Gasteiger partial charge in [-0.2, -0.15) is 4.63 Å². The molecule has 2 aromatic carbocycles. The van der Waals surface area contributed by atoms with Crippen LogP contribution in [0.1, 0.15) is 21.6 Å². The van der Waals surface area contributed by atoms with Crippen molar-refractivity contribution in [3.8, 4) is 11.4 Å². The minimum atomic E-state index is -0.418. The Balaban J connectivity index is 1.25. The molecule has 2 aromatic heterocycles. The number of hydrogen-bond donors (Lipinski definition) is 2. The second-order valence-electron chi connectivity index (χ2n) is 6.74. The number of ether oxygens (including phenoxy) is 2. The van der Waals surface area contributed by atoms with Gasteiger partial charge < -0.3 is 14.8 Å². The van der Waals surface area contributed by atoms with E-state index in [0.29, 0.717) is 22.1 Å². The fourth-order valence-electron chi connectivity index (χ4n) is 2.81. The molecular weight excluding hydrogens is 406 g/mol. The van der Waals surface area contributed by atoms with Crippen LogP contribution in [0.15, 0.2) is 48.5 Å². The number of halogens is 1. The summed E-state index contributed by atoms with van der Waals surface area (Å²) in [4.78, 5) is 16.4. The number of H-pyrrole nitrogens is 1. The number of anilines is 1. The van der Waals surface area contributed by atoms with Gasteiger partial charge in [0.1, 0.15) is 11.8 Å². The summed E-state index contributed by atoms with van der Waals surface area (Å²) >= 11 is 6.20. The van der Waals surface area contributed by atoms with E-state index in [0.717, 1.165) is 22.5 Å². The molecule has 4 aromatic rings. The van der Waals surface area contributed by atoms with E-state index in [1.165, 1.54) is 0 Å². The van der Waals surface area contributed by atoms with Crippen LogP contribution in [0.5, 0.6) is 0 Å². The molecule has 0 aliphatic heterocycles. The van der Waals surface area contributed by atoms with E-state index in [9.17, 15) is 4.79 Å². The van der Waals surface area contributed by atoms with Gasteiger partial charge in [0.25, 0.3) is 0 Å². The van der Waals surface area contributed by atoms with Crippen LogP contribution in [0.3, 0.4) is 0 Å². The maximum absolute atomic E-state index is 11.9. The third-order valence-electron chi connectivity index (χ3n) is 4.49. The molecule has 154 valence electrons. The summed E-state index contributed by atoms with van der Waals surface area (Å²) in [7, 11) is 0. The molecule has 0 radical (unpaired) electrons. The van der Waals surface area contributed by atoms with Crippen LogP contribution in [0.25, 0.3) is 17.0 Å². The van der Waals surface area contributed by atoms with Crippen LogP contribution in [0.2, 0.25) is 5.02 Å². The quantitative estimate of drug-likeness (QED) is 0.262. The number of nitrogens with one attached hydrogen (secondary N) is 2. The monoisotopic (exact) mass is 425 g/mol. The summed E-state index contributed by atoms with van der Waals surface area (Å²) in [5.41, 5.74) is 4.70. The molecule has 0 aliphatic carbocycles. The van der Waals surface area contributed by atoms with Crippen molar-refractivity contribution < 1.29 is 14.3 Å². The van der Waals surface area contributed by atoms with Gasteiger partial charge in [-0.05, 0) is 50.2 Å². The van der Waals surface area contributed by atoms with E-state index >= 15 is 0 Å². The van der Waals surface area contributed by atoms with Gasteiger partial charge in [0.15, 0.2) is 18.3 Å². The van der Waals surface area contributed by atoms with Crippen molar-refractivity contribution in [2.45, 2.75) is 13.8 Å². The van der Waals surface area contributed by atoms with Gasteiger partial charge in [-0.25, -0.2) is 9.78 Å². The summed E-state index contributed by atoms with van der Waals surface area (Å²) in [5, 5.41) is 11.1. The number of aromatic nitrogens is 4. The van der Waals surface area contributed by atoms with Gasteiger partial charge in [-0.3, -0.25) is 5.10 Å². The first-order chi connectivity index (χ1) is 14.5. The topological polar surface area (TPSA) is 93.5 Å². The molecule has 0 bridgehead atoms. The van der Waals surface area contributed by atoms with Crippen LogP contribution in [0, 0.1) is 13.8 Å². The van der Waals surface area contributed by atoms with Gasteiger partial charge in [0.2, 0.25) is 0 Å². The van der Waals surface area contributed by atoms with Crippen LogP contribution >= 0.6 is 11.6 Å². The van der Waals surface area contributed by atoms with Crippen LogP contribution in [-0.4, -0.2) is 39.3 Å². The molecule has 4 rings (SSSR count). The third kappa shape index (κ3) is 4.29. The minimum Gasteiger partial charge on any atom is -0.435 e. The van der Waals surface area contributed by atoms with E-state index in [1.807, 2.05) is 50.2 Å². The molecule has 0 saturated heterocycles. The molecule has 0 fully saturated rings. The summed E-state index contributed by atoms with van der Waals surface area (Å²) in [6.07, 6.45) is 0. The number of esters is 1. The van der Waals surface area contributed by atoms with Crippen LogP contribution in [-0.2, 0) is 9.47 Å². The molecule has 0 atom stereocenters. The highest BCUT2D eigenvalue weighted by Crippen LogP contribution is 2.24. The standard InChI is InChI=1S/C21H20ClN5O3/c1-13-3-5-16(6-4-13)21(28)30-12-29-11-23-17-9-7-15(8-10-17)19-24-20-18(22)14(2)25-27(20)26-19/h3-10,23,25H,11-12H2,1-2H3.